The Morgan fingerprint density at radius 1 is 1.36 bits per heavy atom. The Morgan fingerprint density at radius 3 is 2.50 bits per heavy atom. The monoisotopic (exact) mass is 196 g/mol. The lowest BCUT2D eigenvalue weighted by Crippen LogP contribution is -2.06. The van der Waals surface area contributed by atoms with Gasteiger partial charge in [-0.15, -0.1) is 0 Å². The Bertz CT molecular complexity index is 357. The number of aryl methyl sites for hydroxylation is 1. The van der Waals surface area contributed by atoms with Gasteiger partial charge in [0.2, 0.25) is 0 Å². The van der Waals surface area contributed by atoms with Gasteiger partial charge in [-0.1, -0.05) is 6.07 Å². The molecular formula is C10H12O4. The van der Waals surface area contributed by atoms with E-state index < -0.39 is 5.97 Å². The number of phenols is 1. The zero-order chi connectivity index (χ0) is 10.7. The minimum atomic E-state index is -0.518. The van der Waals surface area contributed by atoms with Gasteiger partial charge in [-0.2, -0.15) is 0 Å². The van der Waals surface area contributed by atoms with E-state index in [0.29, 0.717) is 5.56 Å². The summed E-state index contributed by atoms with van der Waals surface area (Å²) in [7, 11) is 2.67. The van der Waals surface area contributed by atoms with Crippen LogP contribution in [0.25, 0.3) is 0 Å². The first-order valence-corrected chi connectivity index (χ1v) is 4.06. The van der Waals surface area contributed by atoms with Crippen LogP contribution in [-0.2, 0) is 4.74 Å². The van der Waals surface area contributed by atoms with Gasteiger partial charge in [0.05, 0.1) is 14.2 Å². The van der Waals surface area contributed by atoms with Crippen molar-refractivity contribution in [2.24, 2.45) is 0 Å². The van der Waals surface area contributed by atoms with E-state index in [0.717, 1.165) is 0 Å². The van der Waals surface area contributed by atoms with E-state index in [2.05, 4.69) is 4.74 Å². The zero-order valence-corrected chi connectivity index (χ0v) is 8.33. The Morgan fingerprint density at radius 2 is 2.00 bits per heavy atom. The maximum atomic E-state index is 11.4. The molecule has 0 atom stereocenters. The summed E-state index contributed by atoms with van der Waals surface area (Å²) in [6.07, 6.45) is 0. The third kappa shape index (κ3) is 1.64. The largest absolute Gasteiger partial charge is 0.504 e. The molecule has 1 rings (SSSR count). The molecule has 0 unspecified atom stereocenters. The molecule has 0 fully saturated rings. The Balaban J connectivity index is 3.37. The molecule has 0 heterocycles. The third-order valence-electron chi connectivity index (χ3n) is 1.94. The summed E-state index contributed by atoms with van der Waals surface area (Å²) in [5, 5.41) is 9.43. The average Bonchev–Trinajstić information content (AvgIpc) is 2.19. The molecule has 1 aromatic rings. The van der Waals surface area contributed by atoms with Crippen LogP contribution >= 0.6 is 0 Å². The van der Waals surface area contributed by atoms with Crippen molar-refractivity contribution < 1.29 is 19.4 Å². The molecule has 0 saturated heterocycles. The minimum absolute atomic E-state index is 0.0708. The van der Waals surface area contributed by atoms with E-state index in [-0.39, 0.29) is 17.1 Å². The fourth-order valence-corrected chi connectivity index (χ4v) is 1.23. The smallest absolute Gasteiger partial charge is 0.342 e. The number of aromatic hydroxyl groups is 1. The summed E-state index contributed by atoms with van der Waals surface area (Å²) in [4.78, 5) is 11.4. The Kier molecular flexibility index (Phi) is 2.96. The van der Waals surface area contributed by atoms with E-state index in [1.54, 1.807) is 13.0 Å². The normalized spacial score (nSPS) is 9.64. The van der Waals surface area contributed by atoms with Gasteiger partial charge in [-0.3, -0.25) is 0 Å². The summed E-state index contributed by atoms with van der Waals surface area (Å²) in [6, 6.07) is 3.10. The van der Waals surface area contributed by atoms with Crippen molar-refractivity contribution in [1.29, 1.82) is 0 Å². The number of carbonyl (C=O) groups is 1. The second kappa shape index (κ2) is 4.00. The van der Waals surface area contributed by atoms with Gasteiger partial charge in [0, 0.05) is 0 Å². The fraction of sp³-hybridized carbons (Fsp3) is 0.300. The number of benzene rings is 1. The molecule has 4 nitrogen and oxygen atoms in total. The molecule has 1 aromatic carbocycles. The number of hydrogen-bond donors (Lipinski definition) is 1. The highest BCUT2D eigenvalue weighted by atomic mass is 16.5. The molecule has 76 valence electrons. The summed E-state index contributed by atoms with van der Waals surface area (Å²) in [6.45, 7) is 1.74. The van der Waals surface area contributed by atoms with Crippen molar-refractivity contribution in [2.75, 3.05) is 14.2 Å². The summed E-state index contributed by atoms with van der Waals surface area (Å²) in [5.74, 6) is -0.439. The third-order valence-corrected chi connectivity index (χ3v) is 1.94. The number of esters is 1. The van der Waals surface area contributed by atoms with Crippen LogP contribution in [0, 0.1) is 6.92 Å². The quantitative estimate of drug-likeness (QED) is 0.728. The van der Waals surface area contributed by atoms with Crippen LogP contribution in [0.1, 0.15) is 15.9 Å². The topological polar surface area (TPSA) is 55.8 Å². The van der Waals surface area contributed by atoms with Gasteiger partial charge in [0.1, 0.15) is 5.56 Å². The van der Waals surface area contributed by atoms with E-state index >= 15 is 0 Å². The second-order valence-corrected chi connectivity index (χ2v) is 2.80. The molecule has 0 aliphatic carbocycles. The molecular weight excluding hydrogens is 184 g/mol. The van der Waals surface area contributed by atoms with Gasteiger partial charge in [-0.25, -0.2) is 4.79 Å². The van der Waals surface area contributed by atoms with Crippen LogP contribution in [0.5, 0.6) is 11.5 Å². The highest BCUT2D eigenvalue weighted by Gasteiger charge is 2.18. The lowest BCUT2D eigenvalue weighted by atomic mass is 10.1. The molecule has 0 amide bonds. The van der Waals surface area contributed by atoms with Crippen LogP contribution in [0.2, 0.25) is 0 Å². The fourth-order valence-electron chi connectivity index (χ4n) is 1.23. The van der Waals surface area contributed by atoms with Gasteiger partial charge < -0.3 is 14.6 Å². The summed E-state index contributed by atoms with van der Waals surface area (Å²) in [5.41, 5.74) is 0.960. The average molecular weight is 196 g/mol. The van der Waals surface area contributed by atoms with Crippen LogP contribution in [0.3, 0.4) is 0 Å². The molecule has 0 aliphatic heterocycles. The van der Waals surface area contributed by atoms with Crippen molar-refractivity contribution in [2.45, 2.75) is 6.92 Å². The highest BCUT2D eigenvalue weighted by Crippen LogP contribution is 2.32. The van der Waals surface area contributed by atoms with E-state index in [4.69, 9.17) is 4.74 Å². The maximum Gasteiger partial charge on any atom is 0.342 e. The standard InChI is InChI=1S/C10H12O4/c1-6-4-5-7(11)9(13-2)8(6)10(12)14-3/h4-5,11H,1-3H3. The van der Waals surface area contributed by atoms with Crippen LogP contribution in [0.4, 0.5) is 0 Å². The lowest BCUT2D eigenvalue weighted by Gasteiger charge is -2.10. The second-order valence-electron chi connectivity index (χ2n) is 2.80. The number of phenolic OH excluding ortho intramolecular Hbond substituents is 1. The van der Waals surface area contributed by atoms with Crippen LogP contribution in [-0.4, -0.2) is 25.3 Å². The first-order valence-electron chi connectivity index (χ1n) is 4.06. The number of carbonyl (C=O) groups excluding carboxylic acids is 1. The lowest BCUT2D eigenvalue weighted by molar-refractivity contribution is 0.0595. The predicted molar refractivity (Wildman–Crippen MR) is 50.7 cm³/mol. The molecule has 0 aliphatic rings. The SMILES string of the molecule is COC(=O)c1c(C)ccc(O)c1OC. The van der Waals surface area contributed by atoms with E-state index in [9.17, 15) is 9.90 Å². The summed E-state index contributed by atoms with van der Waals surface area (Å²) >= 11 is 0. The van der Waals surface area contributed by atoms with Gasteiger partial charge in [0.15, 0.2) is 11.5 Å². The molecule has 0 bridgehead atoms. The van der Waals surface area contributed by atoms with Crippen LogP contribution in [0.15, 0.2) is 12.1 Å². The number of rotatable bonds is 2. The highest BCUT2D eigenvalue weighted by molar-refractivity contribution is 5.95. The number of ether oxygens (including phenoxy) is 2. The Hall–Kier alpha value is -1.71. The molecule has 0 radical (unpaired) electrons. The molecule has 1 N–H and O–H groups in total. The number of hydrogen-bond acceptors (Lipinski definition) is 4. The van der Waals surface area contributed by atoms with Crippen molar-refractivity contribution in [3.8, 4) is 11.5 Å². The van der Waals surface area contributed by atoms with Crippen molar-refractivity contribution in [3.63, 3.8) is 0 Å². The van der Waals surface area contributed by atoms with E-state index in [1.165, 1.54) is 20.3 Å². The number of methoxy groups -OCH3 is 2. The first kappa shape index (κ1) is 10.4. The van der Waals surface area contributed by atoms with Gasteiger partial charge >= 0.3 is 5.97 Å². The van der Waals surface area contributed by atoms with Gasteiger partial charge in [-0.05, 0) is 18.6 Å². The van der Waals surface area contributed by atoms with Crippen LogP contribution < -0.4 is 4.74 Å². The van der Waals surface area contributed by atoms with Crippen molar-refractivity contribution >= 4 is 5.97 Å². The van der Waals surface area contributed by atoms with Gasteiger partial charge in [0.25, 0.3) is 0 Å². The first-order chi connectivity index (χ1) is 6.61. The molecule has 0 aromatic heterocycles. The molecule has 4 heteroatoms. The van der Waals surface area contributed by atoms with Crippen molar-refractivity contribution in [3.05, 3.63) is 23.3 Å². The minimum Gasteiger partial charge on any atom is -0.504 e. The Labute approximate surface area is 82.1 Å². The maximum absolute atomic E-state index is 11.4. The predicted octanol–water partition coefficient (Wildman–Crippen LogP) is 1.50. The molecule has 0 spiro atoms. The zero-order valence-electron chi connectivity index (χ0n) is 8.33. The molecule has 14 heavy (non-hydrogen) atoms. The van der Waals surface area contributed by atoms with E-state index in [1.807, 2.05) is 0 Å². The molecule has 0 saturated carbocycles. The summed E-state index contributed by atoms with van der Waals surface area (Å²) < 4.78 is 9.51. The van der Waals surface area contributed by atoms with Crippen molar-refractivity contribution in [1.82, 2.24) is 0 Å².